The van der Waals surface area contributed by atoms with Crippen LogP contribution in [-0.4, -0.2) is 18.0 Å². The third-order valence-electron chi connectivity index (χ3n) is 4.45. The second-order valence-corrected chi connectivity index (χ2v) is 5.91. The van der Waals surface area contributed by atoms with E-state index in [4.69, 9.17) is 0 Å². The summed E-state index contributed by atoms with van der Waals surface area (Å²) in [5.41, 5.74) is -0.339. The summed E-state index contributed by atoms with van der Waals surface area (Å²) < 4.78 is 38.6. The lowest BCUT2D eigenvalue weighted by Crippen LogP contribution is -2.32. The van der Waals surface area contributed by atoms with Crippen molar-refractivity contribution in [3.8, 4) is 0 Å². The quantitative estimate of drug-likeness (QED) is 0.881. The summed E-state index contributed by atoms with van der Waals surface area (Å²) in [5, 5.41) is 5.98. The van der Waals surface area contributed by atoms with Crippen LogP contribution < -0.4 is 10.6 Å². The van der Waals surface area contributed by atoms with Crippen LogP contribution in [0.2, 0.25) is 0 Å². The van der Waals surface area contributed by atoms with Gasteiger partial charge in [-0.05, 0) is 43.9 Å². The molecule has 114 valence electrons. The molecule has 1 aromatic rings. The van der Waals surface area contributed by atoms with E-state index in [9.17, 15) is 18.0 Å². The van der Waals surface area contributed by atoms with E-state index < -0.39 is 11.7 Å². The van der Waals surface area contributed by atoms with Crippen LogP contribution in [0.15, 0.2) is 18.2 Å². The van der Waals surface area contributed by atoms with E-state index in [0.717, 1.165) is 25.3 Å². The van der Waals surface area contributed by atoms with E-state index in [2.05, 4.69) is 10.6 Å². The molecule has 0 saturated carbocycles. The Morgan fingerprint density at radius 2 is 2.10 bits per heavy atom. The summed E-state index contributed by atoms with van der Waals surface area (Å²) in [6, 6.07) is 4.46. The summed E-state index contributed by atoms with van der Waals surface area (Å²) in [6.07, 6.45) is -1.59. The van der Waals surface area contributed by atoms with Crippen LogP contribution in [0.25, 0.3) is 0 Å². The van der Waals surface area contributed by atoms with Crippen molar-refractivity contribution < 1.29 is 18.0 Å². The highest BCUT2D eigenvalue weighted by atomic mass is 19.4. The fourth-order valence-electron chi connectivity index (χ4n) is 3.35. The van der Waals surface area contributed by atoms with E-state index in [1.165, 1.54) is 19.1 Å². The van der Waals surface area contributed by atoms with Crippen LogP contribution in [-0.2, 0) is 11.0 Å². The van der Waals surface area contributed by atoms with E-state index in [0.29, 0.717) is 6.04 Å². The van der Waals surface area contributed by atoms with Crippen molar-refractivity contribution in [1.29, 1.82) is 0 Å². The molecule has 0 radical (unpaired) electrons. The second kappa shape index (κ2) is 5.02. The van der Waals surface area contributed by atoms with E-state index in [1.54, 1.807) is 0 Å². The SMILES string of the molecule is Cc1ccc(NC(=O)C2CC3CCC2N3)cc1C(F)(F)F. The Morgan fingerprint density at radius 3 is 2.67 bits per heavy atom. The molecule has 3 nitrogen and oxygen atoms in total. The highest BCUT2D eigenvalue weighted by molar-refractivity contribution is 5.93. The first kappa shape index (κ1) is 14.4. The van der Waals surface area contributed by atoms with Crippen molar-refractivity contribution in [2.45, 2.75) is 44.4 Å². The van der Waals surface area contributed by atoms with Gasteiger partial charge in [-0.1, -0.05) is 6.07 Å². The largest absolute Gasteiger partial charge is 0.416 e. The first-order valence-electron chi connectivity index (χ1n) is 7.09. The number of benzene rings is 1. The van der Waals surface area contributed by atoms with Gasteiger partial charge in [-0.15, -0.1) is 0 Å². The lowest BCUT2D eigenvalue weighted by atomic mass is 9.88. The number of amides is 1. The van der Waals surface area contributed by atoms with Gasteiger partial charge in [0.1, 0.15) is 0 Å². The zero-order chi connectivity index (χ0) is 15.2. The Balaban J connectivity index is 1.75. The van der Waals surface area contributed by atoms with Gasteiger partial charge < -0.3 is 10.6 Å². The minimum absolute atomic E-state index is 0.139. The van der Waals surface area contributed by atoms with Gasteiger partial charge in [0.25, 0.3) is 0 Å². The predicted molar refractivity (Wildman–Crippen MR) is 72.9 cm³/mol. The number of carbonyl (C=O) groups excluding carboxylic acids is 1. The lowest BCUT2D eigenvalue weighted by Gasteiger charge is -2.20. The summed E-state index contributed by atoms with van der Waals surface area (Å²) in [4.78, 5) is 12.2. The van der Waals surface area contributed by atoms with Crippen molar-refractivity contribution in [3.63, 3.8) is 0 Å². The number of aryl methyl sites for hydroxylation is 1. The summed E-state index contributed by atoms with van der Waals surface area (Å²) in [7, 11) is 0. The predicted octanol–water partition coefficient (Wildman–Crippen LogP) is 3.09. The monoisotopic (exact) mass is 298 g/mol. The molecule has 2 bridgehead atoms. The smallest absolute Gasteiger partial charge is 0.326 e. The Labute approximate surface area is 120 Å². The van der Waals surface area contributed by atoms with Crippen LogP contribution in [0.5, 0.6) is 0 Å². The molecule has 2 saturated heterocycles. The fourth-order valence-corrected chi connectivity index (χ4v) is 3.35. The van der Waals surface area contributed by atoms with Crippen LogP contribution in [0, 0.1) is 12.8 Å². The average Bonchev–Trinajstić information content (AvgIpc) is 3.02. The molecular weight excluding hydrogens is 281 g/mol. The van der Waals surface area contributed by atoms with E-state index >= 15 is 0 Å². The minimum atomic E-state index is -4.40. The molecule has 2 fully saturated rings. The van der Waals surface area contributed by atoms with Crippen molar-refractivity contribution >= 4 is 11.6 Å². The van der Waals surface area contributed by atoms with Crippen molar-refractivity contribution in [3.05, 3.63) is 29.3 Å². The summed E-state index contributed by atoms with van der Waals surface area (Å²) in [5.74, 6) is -0.328. The Hall–Kier alpha value is -1.56. The molecule has 2 aliphatic rings. The lowest BCUT2D eigenvalue weighted by molar-refractivity contribution is -0.138. The maximum Gasteiger partial charge on any atom is 0.416 e. The van der Waals surface area contributed by atoms with Gasteiger partial charge in [-0.3, -0.25) is 4.79 Å². The highest BCUT2D eigenvalue weighted by Crippen LogP contribution is 2.35. The maximum absolute atomic E-state index is 12.9. The van der Waals surface area contributed by atoms with Gasteiger partial charge >= 0.3 is 6.18 Å². The Bertz CT molecular complexity index is 571. The first-order chi connectivity index (χ1) is 9.84. The molecule has 2 heterocycles. The molecule has 3 unspecified atom stereocenters. The molecule has 1 amide bonds. The molecule has 2 N–H and O–H groups in total. The number of anilines is 1. The fraction of sp³-hybridized carbons (Fsp3) is 0.533. The standard InChI is InChI=1S/C15H17F3N2O/c1-8-2-3-10(7-12(8)15(16,17)18)20-14(21)11-6-9-4-5-13(11)19-9/h2-3,7,9,11,13,19H,4-6H2,1H3,(H,20,21). The number of rotatable bonds is 2. The highest BCUT2D eigenvalue weighted by Gasteiger charge is 2.42. The molecule has 3 atom stereocenters. The molecule has 6 heteroatoms. The number of nitrogens with one attached hydrogen (secondary N) is 2. The Kier molecular flexibility index (Phi) is 3.43. The topological polar surface area (TPSA) is 41.1 Å². The van der Waals surface area contributed by atoms with Crippen LogP contribution >= 0.6 is 0 Å². The molecular formula is C15H17F3N2O. The minimum Gasteiger partial charge on any atom is -0.326 e. The first-order valence-corrected chi connectivity index (χ1v) is 7.09. The third kappa shape index (κ3) is 2.77. The normalized spacial score (nSPS) is 27.9. The Morgan fingerprint density at radius 1 is 1.33 bits per heavy atom. The summed E-state index contributed by atoms with van der Waals surface area (Å²) >= 11 is 0. The van der Waals surface area contributed by atoms with Gasteiger partial charge in [0.2, 0.25) is 5.91 Å². The number of hydrogen-bond donors (Lipinski definition) is 2. The van der Waals surface area contributed by atoms with Crippen molar-refractivity contribution in [2.24, 2.45) is 5.92 Å². The van der Waals surface area contributed by atoms with Crippen molar-refractivity contribution in [1.82, 2.24) is 5.32 Å². The molecule has 0 aliphatic carbocycles. The van der Waals surface area contributed by atoms with Crippen molar-refractivity contribution in [2.75, 3.05) is 5.32 Å². The second-order valence-electron chi connectivity index (χ2n) is 5.91. The van der Waals surface area contributed by atoms with Gasteiger partial charge in [0.15, 0.2) is 0 Å². The maximum atomic E-state index is 12.9. The number of hydrogen-bond acceptors (Lipinski definition) is 2. The number of alkyl halides is 3. The third-order valence-corrected chi connectivity index (χ3v) is 4.45. The zero-order valence-corrected chi connectivity index (χ0v) is 11.6. The molecule has 0 aromatic heterocycles. The van der Waals surface area contributed by atoms with Crippen LogP contribution in [0.1, 0.15) is 30.4 Å². The number of fused-ring (bicyclic) bond motifs is 2. The van der Waals surface area contributed by atoms with Gasteiger partial charge in [0.05, 0.1) is 11.5 Å². The van der Waals surface area contributed by atoms with Gasteiger partial charge in [-0.25, -0.2) is 0 Å². The number of carbonyl (C=O) groups is 1. The van der Waals surface area contributed by atoms with E-state index in [-0.39, 0.29) is 29.1 Å². The van der Waals surface area contributed by atoms with Crippen LogP contribution in [0.3, 0.4) is 0 Å². The van der Waals surface area contributed by atoms with Gasteiger partial charge in [-0.2, -0.15) is 13.2 Å². The molecule has 21 heavy (non-hydrogen) atoms. The average molecular weight is 298 g/mol. The zero-order valence-electron chi connectivity index (χ0n) is 11.6. The molecule has 2 aliphatic heterocycles. The molecule has 0 spiro atoms. The van der Waals surface area contributed by atoms with Crippen LogP contribution in [0.4, 0.5) is 18.9 Å². The molecule has 1 aromatic carbocycles. The van der Waals surface area contributed by atoms with E-state index in [1.807, 2.05) is 0 Å². The number of halogens is 3. The molecule has 3 rings (SSSR count). The van der Waals surface area contributed by atoms with Gasteiger partial charge in [0, 0.05) is 17.8 Å². The summed E-state index contributed by atoms with van der Waals surface area (Å²) in [6.45, 7) is 1.41.